The second-order valence-corrected chi connectivity index (χ2v) is 14.2. The molecule has 0 aromatic carbocycles. The lowest BCUT2D eigenvalue weighted by Gasteiger charge is -2.44. The highest BCUT2D eigenvalue weighted by molar-refractivity contribution is 6.12. The SMILES string of the molecule is CCCCCCCC/C=C\CCCCCCCC(=O)C(N)(C(=O)CCCCCCC/C=C\CCCCCCCC)C(CN)(CN)CN. The molecule has 276 valence electrons. The number of nitrogens with two attached hydrogens (primary N) is 4. The maximum absolute atomic E-state index is 13.6. The van der Waals surface area contributed by atoms with E-state index in [0.29, 0.717) is 0 Å². The molecule has 0 heterocycles. The van der Waals surface area contributed by atoms with E-state index in [1.165, 1.54) is 103 Å². The molecule has 0 atom stereocenters. The second kappa shape index (κ2) is 31.9. The van der Waals surface area contributed by atoms with Gasteiger partial charge in [0.05, 0.1) is 0 Å². The largest absolute Gasteiger partial charge is 0.330 e. The summed E-state index contributed by atoms with van der Waals surface area (Å²) in [6.45, 7) is 4.58. The van der Waals surface area contributed by atoms with Crippen LogP contribution in [0.25, 0.3) is 0 Å². The van der Waals surface area contributed by atoms with Crippen LogP contribution in [0.2, 0.25) is 0 Å². The van der Waals surface area contributed by atoms with Crippen molar-refractivity contribution in [2.24, 2.45) is 28.3 Å². The van der Waals surface area contributed by atoms with Crippen LogP contribution in [0, 0.1) is 5.41 Å². The summed E-state index contributed by atoms with van der Waals surface area (Å²) in [5, 5.41) is 0. The fourth-order valence-electron chi connectivity index (χ4n) is 6.59. The van der Waals surface area contributed by atoms with Gasteiger partial charge in [0.1, 0.15) is 5.54 Å². The van der Waals surface area contributed by atoms with Gasteiger partial charge in [-0.05, 0) is 64.2 Å². The minimum atomic E-state index is -1.72. The van der Waals surface area contributed by atoms with E-state index >= 15 is 0 Å². The first-order valence-corrected chi connectivity index (χ1v) is 20.2. The van der Waals surface area contributed by atoms with Crippen molar-refractivity contribution in [1.29, 1.82) is 0 Å². The molecule has 6 nitrogen and oxygen atoms in total. The Morgan fingerprint density at radius 2 is 0.681 bits per heavy atom. The number of rotatable bonds is 36. The third-order valence-electron chi connectivity index (χ3n) is 10.2. The Kier molecular flexibility index (Phi) is 31.0. The molecule has 6 heteroatoms. The van der Waals surface area contributed by atoms with Gasteiger partial charge in [0.15, 0.2) is 11.6 Å². The molecule has 0 unspecified atom stereocenters. The molecule has 0 saturated carbocycles. The summed E-state index contributed by atoms with van der Waals surface area (Å²) < 4.78 is 0. The van der Waals surface area contributed by atoms with Crippen LogP contribution in [0.15, 0.2) is 24.3 Å². The maximum atomic E-state index is 13.6. The molecule has 0 aromatic heterocycles. The van der Waals surface area contributed by atoms with E-state index in [4.69, 9.17) is 22.9 Å². The fourth-order valence-corrected chi connectivity index (χ4v) is 6.59. The van der Waals surface area contributed by atoms with Gasteiger partial charge in [-0.2, -0.15) is 0 Å². The van der Waals surface area contributed by atoms with Crippen molar-refractivity contribution in [2.45, 2.75) is 199 Å². The maximum Gasteiger partial charge on any atom is 0.160 e. The average Bonchev–Trinajstić information content (AvgIpc) is 3.08. The Morgan fingerprint density at radius 1 is 0.426 bits per heavy atom. The van der Waals surface area contributed by atoms with Gasteiger partial charge in [0.2, 0.25) is 0 Å². The molecule has 47 heavy (non-hydrogen) atoms. The van der Waals surface area contributed by atoms with E-state index in [9.17, 15) is 9.59 Å². The van der Waals surface area contributed by atoms with Crippen LogP contribution >= 0.6 is 0 Å². The molecule has 0 aliphatic carbocycles. The van der Waals surface area contributed by atoms with Crippen molar-refractivity contribution in [3.05, 3.63) is 24.3 Å². The van der Waals surface area contributed by atoms with Crippen LogP contribution in [-0.4, -0.2) is 36.7 Å². The zero-order chi connectivity index (χ0) is 34.9. The van der Waals surface area contributed by atoms with Crippen molar-refractivity contribution >= 4 is 11.6 Å². The molecule has 0 aromatic rings. The summed E-state index contributed by atoms with van der Waals surface area (Å²) >= 11 is 0. The van der Waals surface area contributed by atoms with Crippen molar-refractivity contribution in [3.63, 3.8) is 0 Å². The van der Waals surface area contributed by atoms with Crippen molar-refractivity contribution in [3.8, 4) is 0 Å². The van der Waals surface area contributed by atoms with Crippen molar-refractivity contribution < 1.29 is 9.59 Å². The van der Waals surface area contributed by atoms with Gasteiger partial charge in [-0.1, -0.05) is 141 Å². The van der Waals surface area contributed by atoms with Gasteiger partial charge in [-0.25, -0.2) is 0 Å². The minimum Gasteiger partial charge on any atom is -0.330 e. The topological polar surface area (TPSA) is 138 Å². The van der Waals surface area contributed by atoms with Crippen molar-refractivity contribution in [1.82, 2.24) is 0 Å². The lowest BCUT2D eigenvalue weighted by molar-refractivity contribution is -0.141. The van der Waals surface area contributed by atoms with Crippen molar-refractivity contribution in [2.75, 3.05) is 19.6 Å². The first kappa shape index (κ1) is 45.7. The van der Waals surface area contributed by atoms with Gasteiger partial charge in [-0.3, -0.25) is 9.59 Å². The molecule has 0 amide bonds. The van der Waals surface area contributed by atoms with Crippen LogP contribution in [0.3, 0.4) is 0 Å². The quantitative estimate of drug-likeness (QED) is 0.0300. The number of Topliss-reactive ketones (excluding diaryl/α,β-unsaturated/α-hetero) is 2. The van der Waals surface area contributed by atoms with E-state index in [1.54, 1.807) is 0 Å². The Hall–Kier alpha value is -1.34. The van der Waals surface area contributed by atoms with E-state index in [2.05, 4.69) is 38.2 Å². The Bertz CT molecular complexity index is 730. The Labute approximate surface area is 292 Å². The molecule has 0 aliphatic heterocycles. The normalized spacial score (nSPS) is 12.6. The third kappa shape index (κ3) is 20.7. The first-order chi connectivity index (χ1) is 22.9. The van der Waals surface area contributed by atoms with E-state index in [1.807, 2.05) is 0 Å². The predicted molar refractivity (Wildman–Crippen MR) is 205 cm³/mol. The summed E-state index contributed by atoms with van der Waals surface area (Å²) in [6, 6.07) is 0. The number of hydrogen-bond donors (Lipinski definition) is 4. The van der Waals surface area contributed by atoms with Crippen LogP contribution < -0.4 is 22.9 Å². The lowest BCUT2D eigenvalue weighted by Crippen LogP contribution is -2.72. The molecular weight excluding hydrogens is 580 g/mol. The number of unbranched alkanes of at least 4 members (excludes halogenated alkanes) is 22. The fraction of sp³-hybridized carbons (Fsp3) is 0.854. The van der Waals surface area contributed by atoms with Crippen LogP contribution in [0.4, 0.5) is 0 Å². The van der Waals surface area contributed by atoms with Crippen LogP contribution in [-0.2, 0) is 9.59 Å². The monoisotopic (exact) mass is 661 g/mol. The van der Waals surface area contributed by atoms with Gasteiger partial charge in [0.25, 0.3) is 0 Å². The number of carbonyl (C=O) groups is 2. The second-order valence-electron chi connectivity index (χ2n) is 14.2. The van der Waals surface area contributed by atoms with Gasteiger partial charge in [-0.15, -0.1) is 0 Å². The molecular formula is C41H80N4O2. The molecule has 0 radical (unpaired) electrons. The highest BCUT2D eigenvalue weighted by Crippen LogP contribution is 2.32. The van der Waals surface area contributed by atoms with Crippen LogP contribution in [0.1, 0.15) is 194 Å². The summed E-state index contributed by atoms with van der Waals surface area (Å²) in [7, 11) is 0. The molecule has 0 aliphatic rings. The molecule has 0 spiro atoms. The van der Waals surface area contributed by atoms with E-state index in [-0.39, 0.29) is 44.0 Å². The van der Waals surface area contributed by atoms with Crippen LogP contribution in [0.5, 0.6) is 0 Å². The zero-order valence-corrected chi connectivity index (χ0v) is 31.4. The summed E-state index contributed by atoms with van der Waals surface area (Å²) in [5.41, 5.74) is 22.3. The highest BCUT2D eigenvalue weighted by atomic mass is 16.2. The molecule has 0 rings (SSSR count). The molecule has 8 N–H and O–H groups in total. The Morgan fingerprint density at radius 3 is 0.957 bits per heavy atom. The average molecular weight is 661 g/mol. The minimum absolute atomic E-state index is 0.0206. The van der Waals surface area contributed by atoms with Gasteiger partial charge >= 0.3 is 0 Å². The van der Waals surface area contributed by atoms with E-state index < -0.39 is 11.0 Å². The third-order valence-corrected chi connectivity index (χ3v) is 10.2. The smallest absolute Gasteiger partial charge is 0.160 e. The van der Waals surface area contributed by atoms with Gasteiger partial charge in [0, 0.05) is 37.9 Å². The summed E-state index contributed by atoms with van der Waals surface area (Å²) in [4.78, 5) is 27.2. The van der Waals surface area contributed by atoms with Gasteiger partial charge < -0.3 is 22.9 Å². The number of carbonyl (C=O) groups excluding carboxylic acids is 2. The first-order valence-electron chi connectivity index (χ1n) is 20.2. The number of hydrogen-bond acceptors (Lipinski definition) is 6. The standard InChI is InChI=1S/C41H80N4O2/c1-3-5-7-9-11-13-15-17-19-21-23-25-27-29-31-33-38(46)41(45,40(35-42,36-43)37-44)39(47)34-32-30-28-26-24-22-20-18-16-14-12-10-8-6-4-2/h17-20H,3-16,21-37,42-45H2,1-2H3/b19-17-,20-18-. The highest BCUT2D eigenvalue weighted by Gasteiger charge is 2.55. The zero-order valence-electron chi connectivity index (χ0n) is 31.4. The molecule has 0 fully saturated rings. The summed E-state index contributed by atoms with van der Waals surface area (Å²) in [5.74, 6) is -0.483. The predicted octanol–water partition coefficient (Wildman–Crippen LogP) is 9.76. The lowest BCUT2D eigenvalue weighted by atomic mass is 9.63. The molecule has 0 bridgehead atoms. The Balaban J connectivity index is 4.40. The number of ketones is 2. The summed E-state index contributed by atoms with van der Waals surface area (Å²) in [6.07, 6.45) is 40.8. The molecule has 0 saturated heterocycles. The number of allylic oxidation sites excluding steroid dienone is 4. The van der Waals surface area contributed by atoms with E-state index in [0.717, 1.165) is 64.2 Å².